The van der Waals surface area contributed by atoms with Gasteiger partial charge in [-0.05, 0) is 25.8 Å². The molecule has 0 amide bonds. The van der Waals surface area contributed by atoms with Gasteiger partial charge in [0.2, 0.25) is 0 Å². The number of hydrogen-bond donors (Lipinski definition) is 0. The van der Waals surface area contributed by atoms with Gasteiger partial charge in [0.1, 0.15) is 5.62 Å². The summed E-state index contributed by atoms with van der Waals surface area (Å²) in [5, 5.41) is 0. The zero-order valence-corrected chi connectivity index (χ0v) is 12.7. The third kappa shape index (κ3) is 3.00. The lowest BCUT2D eigenvalue weighted by molar-refractivity contribution is 0.0983. The molecule has 1 atom stereocenters. The second kappa shape index (κ2) is 6.38. The van der Waals surface area contributed by atoms with Crippen LogP contribution < -0.4 is 0 Å². The second-order valence-electron chi connectivity index (χ2n) is 5.28. The molecule has 2 rings (SSSR count). The molecule has 1 unspecified atom stereocenters. The molecule has 16 heavy (non-hydrogen) atoms. The van der Waals surface area contributed by atoms with E-state index in [-0.39, 0.29) is 15.5 Å². The first kappa shape index (κ1) is 12.9. The quantitative estimate of drug-likeness (QED) is 0.325. The zero-order chi connectivity index (χ0) is 11.4. The molecule has 94 valence electrons. The van der Waals surface area contributed by atoms with Gasteiger partial charge >= 0.3 is 0 Å². The summed E-state index contributed by atoms with van der Waals surface area (Å²) < 4.78 is 5.18. The number of unbranched alkanes of at least 4 members (excludes halogenated alkanes) is 2. The first-order valence-electron chi connectivity index (χ1n) is 6.97. The Hall–Kier alpha value is 0.427. The third-order valence-corrected chi connectivity index (χ3v) is 7.22. The monoisotopic (exact) mass is 260 g/mol. The Morgan fingerprint density at radius 1 is 1.19 bits per heavy atom. The van der Waals surface area contributed by atoms with Gasteiger partial charge in [-0.25, -0.2) is 0 Å². The van der Waals surface area contributed by atoms with E-state index in [2.05, 4.69) is 16.1 Å². The van der Waals surface area contributed by atoms with Crippen molar-refractivity contribution in [2.45, 2.75) is 70.0 Å². The molecule has 2 nitrogen and oxygen atoms in total. The van der Waals surface area contributed by atoms with Crippen LogP contribution in [0.5, 0.6) is 0 Å². The Labute approximate surface area is 107 Å². The summed E-state index contributed by atoms with van der Waals surface area (Å²) in [5.41, 5.74) is 0.256. The Morgan fingerprint density at radius 2 is 1.94 bits per heavy atom. The van der Waals surface area contributed by atoms with Crippen LogP contribution in [0, 0.1) is 0 Å². The smallest absolute Gasteiger partial charge is 0.177 e. The zero-order valence-electron chi connectivity index (χ0n) is 10.5. The number of nitrogens with zero attached hydrogens (tertiary/aromatic N) is 2. The van der Waals surface area contributed by atoms with E-state index in [0.717, 1.165) is 6.04 Å². The highest BCUT2D eigenvalue weighted by Crippen LogP contribution is 2.30. The third-order valence-electron chi connectivity index (χ3n) is 4.01. The normalized spacial score (nSPS) is 30.8. The van der Waals surface area contributed by atoms with Crippen molar-refractivity contribution in [3.05, 3.63) is 0 Å². The van der Waals surface area contributed by atoms with E-state index in [1.165, 1.54) is 57.9 Å². The number of halogens is 1. The van der Waals surface area contributed by atoms with E-state index in [1.807, 2.05) is 0 Å². The molecular weight excluding hydrogens is 236 g/mol. The van der Waals surface area contributed by atoms with E-state index < -0.39 is 0 Å². The molecule has 4 heteroatoms. The summed E-state index contributed by atoms with van der Waals surface area (Å²) >= 11 is 6.48. The number of alkyl halides is 1. The van der Waals surface area contributed by atoms with E-state index >= 15 is 0 Å². The molecule has 0 radical (unpaired) electrons. The minimum Gasteiger partial charge on any atom is -0.289 e. The Kier molecular flexibility index (Phi) is 5.14. The van der Waals surface area contributed by atoms with Crippen molar-refractivity contribution in [2.75, 3.05) is 6.54 Å². The van der Waals surface area contributed by atoms with Gasteiger partial charge in [0.05, 0.1) is 0 Å². The summed E-state index contributed by atoms with van der Waals surface area (Å²) in [7, 11) is -0.153. The Bertz CT molecular complexity index is 209. The maximum Gasteiger partial charge on any atom is 0.177 e. The summed E-state index contributed by atoms with van der Waals surface area (Å²) in [6.07, 6.45) is 11.1. The topological polar surface area (TPSA) is 6.48 Å². The summed E-state index contributed by atoms with van der Waals surface area (Å²) in [4.78, 5) is 0. The van der Waals surface area contributed by atoms with Gasteiger partial charge in [-0.1, -0.05) is 50.6 Å². The Balaban J connectivity index is 1.67. The number of rotatable bonds is 5. The fraction of sp³-hybridized carbons (Fsp3) is 1.00. The van der Waals surface area contributed by atoms with Crippen LogP contribution in [-0.2, 0) is 0 Å². The lowest BCUT2D eigenvalue weighted by Crippen LogP contribution is -2.67. The van der Waals surface area contributed by atoms with Gasteiger partial charge in [-0.2, -0.15) is 0 Å². The van der Waals surface area contributed by atoms with Crippen molar-refractivity contribution >= 4 is 21.4 Å². The molecule has 0 aromatic carbocycles. The maximum atomic E-state index is 6.48. The number of hydrogen-bond acceptors (Lipinski definition) is 2. The Morgan fingerprint density at radius 3 is 2.56 bits per heavy atom. The maximum absolute atomic E-state index is 6.48. The first-order valence-corrected chi connectivity index (χ1v) is 8.67. The van der Waals surface area contributed by atoms with Crippen molar-refractivity contribution in [3.63, 3.8) is 0 Å². The lowest BCUT2D eigenvalue weighted by atomic mass is 9.96. The van der Waals surface area contributed by atoms with Gasteiger partial charge in [0.15, 0.2) is 9.84 Å². The molecule has 1 aliphatic heterocycles. The SMILES string of the molecule is CCCCCN1[SiH2]N(C2CCCCC2)C1Cl. The molecule has 0 bridgehead atoms. The van der Waals surface area contributed by atoms with Crippen LogP contribution in [-0.4, -0.2) is 37.2 Å². The van der Waals surface area contributed by atoms with E-state index in [1.54, 1.807) is 0 Å². The summed E-state index contributed by atoms with van der Waals surface area (Å²) in [6.45, 7) is 3.51. The first-order chi connectivity index (χ1) is 7.83. The van der Waals surface area contributed by atoms with Crippen molar-refractivity contribution in [3.8, 4) is 0 Å². The van der Waals surface area contributed by atoms with Gasteiger partial charge in [0, 0.05) is 6.04 Å². The van der Waals surface area contributed by atoms with Crippen LogP contribution in [0.3, 0.4) is 0 Å². The van der Waals surface area contributed by atoms with Crippen LogP contribution >= 0.6 is 11.6 Å². The molecule has 1 aliphatic carbocycles. The van der Waals surface area contributed by atoms with Gasteiger partial charge in [0.25, 0.3) is 0 Å². The van der Waals surface area contributed by atoms with E-state index in [4.69, 9.17) is 11.6 Å². The molecule has 2 fully saturated rings. The van der Waals surface area contributed by atoms with Crippen LogP contribution in [0.15, 0.2) is 0 Å². The highest BCUT2D eigenvalue weighted by Gasteiger charge is 2.39. The molecule has 0 spiro atoms. The fourth-order valence-corrected chi connectivity index (χ4v) is 5.31. The highest BCUT2D eigenvalue weighted by atomic mass is 35.5. The second-order valence-corrected chi connectivity index (χ2v) is 7.49. The van der Waals surface area contributed by atoms with Crippen LogP contribution in [0.4, 0.5) is 0 Å². The predicted molar refractivity (Wildman–Crippen MR) is 73.1 cm³/mol. The van der Waals surface area contributed by atoms with Crippen LogP contribution in [0.2, 0.25) is 0 Å². The highest BCUT2D eigenvalue weighted by molar-refractivity contribution is 6.39. The molecule has 1 heterocycles. The van der Waals surface area contributed by atoms with E-state index in [0.29, 0.717) is 0 Å². The molecule has 0 aromatic heterocycles. The van der Waals surface area contributed by atoms with Crippen molar-refractivity contribution in [1.29, 1.82) is 0 Å². The van der Waals surface area contributed by atoms with Crippen LogP contribution in [0.1, 0.15) is 58.3 Å². The van der Waals surface area contributed by atoms with Gasteiger partial charge < -0.3 is 0 Å². The van der Waals surface area contributed by atoms with Crippen LogP contribution in [0.25, 0.3) is 0 Å². The van der Waals surface area contributed by atoms with Crippen molar-refractivity contribution in [2.24, 2.45) is 0 Å². The average Bonchev–Trinajstić information content (AvgIpc) is 2.33. The standard InChI is InChI=1S/C12H25ClN2Si/c1-2-3-7-10-14-12(13)15(16-14)11-8-5-4-6-9-11/h11-12H,2-10,16H2,1H3. The lowest BCUT2D eigenvalue weighted by Gasteiger charge is -2.52. The molecular formula is C12H25ClN2Si. The fourth-order valence-electron chi connectivity index (χ4n) is 2.90. The molecule has 2 aliphatic rings. The van der Waals surface area contributed by atoms with Crippen molar-refractivity contribution < 1.29 is 0 Å². The minimum atomic E-state index is -0.153. The largest absolute Gasteiger partial charge is 0.289 e. The average molecular weight is 261 g/mol. The summed E-state index contributed by atoms with van der Waals surface area (Å²) in [5.74, 6) is 0. The molecule has 0 N–H and O–H groups in total. The summed E-state index contributed by atoms with van der Waals surface area (Å²) in [6, 6.07) is 0.838. The molecule has 1 saturated carbocycles. The molecule has 0 aromatic rings. The van der Waals surface area contributed by atoms with Gasteiger partial charge in [-0.15, -0.1) is 0 Å². The van der Waals surface area contributed by atoms with Gasteiger partial charge in [-0.3, -0.25) is 9.13 Å². The van der Waals surface area contributed by atoms with Crippen molar-refractivity contribution in [1.82, 2.24) is 9.13 Å². The predicted octanol–water partition coefficient (Wildman–Crippen LogP) is 2.65. The minimum absolute atomic E-state index is 0.153. The van der Waals surface area contributed by atoms with E-state index in [9.17, 15) is 0 Å². The molecule has 1 saturated heterocycles.